The van der Waals surface area contributed by atoms with Gasteiger partial charge in [-0.15, -0.1) is 5.10 Å². The van der Waals surface area contributed by atoms with E-state index >= 15 is 0 Å². The van der Waals surface area contributed by atoms with E-state index in [4.69, 9.17) is 4.74 Å². The zero-order valence-corrected chi connectivity index (χ0v) is 16.1. The lowest BCUT2D eigenvalue weighted by Crippen LogP contribution is -2.36. The monoisotopic (exact) mass is 378 g/mol. The summed E-state index contributed by atoms with van der Waals surface area (Å²) < 4.78 is 6.36. The molecule has 0 N–H and O–H groups in total. The van der Waals surface area contributed by atoms with E-state index in [1.165, 1.54) is 12.0 Å². The number of hydrogen-bond acceptors (Lipinski definition) is 5. The number of aryl methyl sites for hydroxylation is 1. The predicted octanol–water partition coefficient (Wildman–Crippen LogP) is 2.70. The first kappa shape index (κ1) is 19.3. The summed E-state index contributed by atoms with van der Waals surface area (Å²) in [4.78, 5) is 26.4. The Bertz CT molecular complexity index is 965. The van der Waals surface area contributed by atoms with Crippen LogP contribution in [0.25, 0.3) is 5.69 Å². The van der Waals surface area contributed by atoms with Crippen molar-refractivity contribution in [3.05, 3.63) is 77.1 Å². The predicted molar refractivity (Wildman–Crippen MR) is 104 cm³/mol. The maximum Gasteiger partial charge on any atom is 0.325 e. The lowest BCUT2D eigenvalue weighted by atomic mass is 10.2. The molecule has 0 aliphatic rings. The standard InChI is InChI=1S/C21H22N4O3/c1-15-9-11-18(12-10-15)25-16(2)20(22-23-25)21(27)24(14-19(26)28-3)13-17-7-5-4-6-8-17/h4-12H,13-14H2,1-3H3. The molecule has 144 valence electrons. The summed E-state index contributed by atoms with van der Waals surface area (Å²) in [7, 11) is 1.30. The summed E-state index contributed by atoms with van der Waals surface area (Å²) in [5.41, 5.74) is 3.67. The number of methoxy groups -OCH3 is 1. The molecule has 0 saturated heterocycles. The first-order chi connectivity index (χ1) is 13.5. The van der Waals surface area contributed by atoms with Crippen LogP contribution in [0.1, 0.15) is 27.3 Å². The number of aromatic nitrogens is 3. The molecule has 7 heteroatoms. The van der Waals surface area contributed by atoms with Crippen LogP contribution < -0.4 is 0 Å². The first-order valence-electron chi connectivity index (χ1n) is 8.89. The van der Waals surface area contributed by atoms with Crippen LogP contribution in [-0.2, 0) is 16.1 Å². The van der Waals surface area contributed by atoms with Crippen LogP contribution in [0.4, 0.5) is 0 Å². The molecule has 0 aliphatic carbocycles. The molecule has 3 aromatic rings. The molecule has 0 spiro atoms. The number of carbonyl (C=O) groups is 2. The molecule has 0 saturated carbocycles. The number of rotatable bonds is 6. The molecule has 0 bridgehead atoms. The normalized spacial score (nSPS) is 10.5. The highest BCUT2D eigenvalue weighted by Crippen LogP contribution is 2.16. The molecule has 1 heterocycles. The van der Waals surface area contributed by atoms with Gasteiger partial charge in [0.25, 0.3) is 5.91 Å². The van der Waals surface area contributed by atoms with Crippen molar-refractivity contribution in [2.24, 2.45) is 0 Å². The molecule has 0 atom stereocenters. The summed E-state index contributed by atoms with van der Waals surface area (Å²) in [6.07, 6.45) is 0. The number of amides is 1. The van der Waals surface area contributed by atoms with E-state index in [1.807, 2.05) is 61.5 Å². The Hall–Kier alpha value is -3.48. The van der Waals surface area contributed by atoms with Gasteiger partial charge in [-0.25, -0.2) is 4.68 Å². The van der Waals surface area contributed by atoms with Crippen molar-refractivity contribution in [2.75, 3.05) is 13.7 Å². The Morgan fingerprint density at radius 3 is 2.36 bits per heavy atom. The van der Waals surface area contributed by atoms with Gasteiger partial charge in [0.05, 0.1) is 18.5 Å². The number of hydrogen-bond donors (Lipinski definition) is 0. The van der Waals surface area contributed by atoms with Gasteiger partial charge in [0.1, 0.15) is 6.54 Å². The van der Waals surface area contributed by atoms with E-state index in [-0.39, 0.29) is 24.7 Å². The topological polar surface area (TPSA) is 77.3 Å². The highest BCUT2D eigenvalue weighted by molar-refractivity contribution is 5.95. The summed E-state index contributed by atoms with van der Waals surface area (Å²) in [5.74, 6) is -0.863. The third-order valence-corrected chi connectivity index (χ3v) is 4.43. The Morgan fingerprint density at radius 2 is 1.71 bits per heavy atom. The molecule has 1 aromatic heterocycles. The van der Waals surface area contributed by atoms with Crippen molar-refractivity contribution >= 4 is 11.9 Å². The van der Waals surface area contributed by atoms with Crippen LogP contribution >= 0.6 is 0 Å². The lowest BCUT2D eigenvalue weighted by molar-refractivity contribution is -0.141. The zero-order chi connectivity index (χ0) is 20.1. The van der Waals surface area contributed by atoms with Gasteiger partial charge >= 0.3 is 5.97 Å². The van der Waals surface area contributed by atoms with E-state index in [0.717, 1.165) is 16.8 Å². The first-order valence-corrected chi connectivity index (χ1v) is 8.89. The van der Waals surface area contributed by atoms with Crippen molar-refractivity contribution in [2.45, 2.75) is 20.4 Å². The van der Waals surface area contributed by atoms with Crippen molar-refractivity contribution in [1.29, 1.82) is 0 Å². The van der Waals surface area contributed by atoms with Crippen LogP contribution in [0.2, 0.25) is 0 Å². The van der Waals surface area contributed by atoms with Gasteiger partial charge in [-0.05, 0) is 31.5 Å². The summed E-state index contributed by atoms with van der Waals surface area (Å²) in [6.45, 7) is 3.89. The largest absolute Gasteiger partial charge is 0.468 e. The van der Waals surface area contributed by atoms with E-state index in [0.29, 0.717) is 5.69 Å². The van der Waals surface area contributed by atoms with Gasteiger partial charge in [-0.1, -0.05) is 53.2 Å². The molecule has 0 aliphatic heterocycles. The molecular weight excluding hydrogens is 356 g/mol. The molecule has 1 amide bonds. The van der Waals surface area contributed by atoms with Crippen LogP contribution in [0.15, 0.2) is 54.6 Å². The van der Waals surface area contributed by atoms with Gasteiger partial charge in [0.2, 0.25) is 0 Å². The fraction of sp³-hybridized carbons (Fsp3) is 0.238. The maximum atomic E-state index is 13.1. The molecule has 28 heavy (non-hydrogen) atoms. The van der Waals surface area contributed by atoms with E-state index in [9.17, 15) is 9.59 Å². The SMILES string of the molecule is COC(=O)CN(Cc1ccccc1)C(=O)c1nnn(-c2ccc(C)cc2)c1C. The highest BCUT2D eigenvalue weighted by atomic mass is 16.5. The van der Waals surface area contributed by atoms with Crippen LogP contribution in [0.5, 0.6) is 0 Å². The molecular formula is C21H22N4O3. The molecule has 0 unspecified atom stereocenters. The highest BCUT2D eigenvalue weighted by Gasteiger charge is 2.25. The number of ether oxygens (including phenoxy) is 1. The molecule has 0 fully saturated rings. The third kappa shape index (κ3) is 4.25. The summed E-state index contributed by atoms with van der Waals surface area (Å²) >= 11 is 0. The average molecular weight is 378 g/mol. The van der Waals surface area contributed by atoms with Crippen molar-refractivity contribution in [3.63, 3.8) is 0 Å². The van der Waals surface area contributed by atoms with Crippen molar-refractivity contribution in [1.82, 2.24) is 19.9 Å². The fourth-order valence-corrected chi connectivity index (χ4v) is 2.83. The van der Waals surface area contributed by atoms with Crippen LogP contribution in [0.3, 0.4) is 0 Å². The van der Waals surface area contributed by atoms with Crippen molar-refractivity contribution < 1.29 is 14.3 Å². The van der Waals surface area contributed by atoms with Gasteiger partial charge in [0, 0.05) is 6.54 Å². The summed E-state index contributed by atoms with van der Waals surface area (Å²) in [6, 6.07) is 17.2. The van der Waals surface area contributed by atoms with Crippen LogP contribution in [0, 0.1) is 13.8 Å². The average Bonchev–Trinajstić information content (AvgIpc) is 3.09. The summed E-state index contributed by atoms with van der Waals surface area (Å²) in [5, 5.41) is 8.21. The Balaban J connectivity index is 1.89. The van der Waals surface area contributed by atoms with E-state index in [2.05, 4.69) is 10.3 Å². The van der Waals surface area contributed by atoms with E-state index in [1.54, 1.807) is 11.6 Å². The minimum atomic E-state index is -0.493. The zero-order valence-electron chi connectivity index (χ0n) is 16.1. The quantitative estimate of drug-likeness (QED) is 0.617. The minimum absolute atomic E-state index is 0.166. The maximum absolute atomic E-state index is 13.1. The van der Waals surface area contributed by atoms with Crippen LogP contribution in [-0.4, -0.2) is 45.4 Å². The lowest BCUT2D eigenvalue weighted by Gasteiger charge is -2.20. The van der Waals surface area contributed by atoms with Gasteiger partial charge in [-0.2, -0.15) is 0 Å². The van der Waals surface area contributed by atoms with Crippen molar-refractivity contribution in [3.8, 4) is 5.69 Å². The molecule has 2 aromatic carbocycles. The smallest absolute Gasteiger partial charge is 0.325 e. The number of esters is 1. The molecule has 0 radical (unpaired) electrons. The Morgan fingerprint density at radius 1 is 1.04 bits per heavy atom. The second-order valence-corrected chi connectivity index (χ2v) is 6.49. The van der Waals surface area contributed by atoms with Gasteiger partial charge in [0.15, 0.2) is 5.69 Å². The fourth-order valence-electron chi connectivity index (χ4n) is 2.83. The molecule has 3 rings (SSSR count). The number of benzene rings is 2. The second-order valence-electron chi connectivity index (χ2n) is 6.49. The molecule has 7 nitrogen and oxygen atoms in total. The number of nitrogens with zero attached hydrogens (tertiary/aromatic N) is 4. The third-order valence-electron chi connectivity index (χ3n) is 4.43. The second kappa shape index (κ2) is 8.47. The minimum Gasteiger partial charge on any atom is -0.468 e. The Labute approximate surface area is 163 Å². The van der Waals surface area contributed by atoms with Gasteiger partial charge in [-0.3, -0.25) is 9.59 Å². The number of carbonyl (C=O) groups excluding carboxylic acids is 2. The van der Waals surface area contributed by atoms with Gasteiger partial charge < -0.3 is 9.64 Å². The van der Waals surface area contributed by atoms with E-state index < -0.39 is 5.97 Å². The Kier molecular flexibility index (Phi) is 5.84.